The number of hydrogen-bond acceptors (Lipinski definition) is 3. The second kappa shape index (κ2) is 3.47. The van der Waals surface area contributed by atoms with Gasteiger partial charge in [-0.15, -0.1) is 0 Å². The van der Waals surface area contributed by atoms with Crippen molar-refractivity contribution in [3.63, 3.8) is 0 Å². The van der Waals surface area contributed by atoms with Gasteiger partial charge in [0.2, 0.25) is 5.95 Å². The summed E-state index contributed by atoms with van der Waals surface area (Å²) in [4.78, 5) is 8.75. The highest BCUT2D eigenvalue weighted by molar-refractivity contribution is 5.74. The van der Waals surface area contributed by atoms with Gasteiger partial charge < -0.3 is 5.73 Å². The van der Waals surface area contributed by atoms with Crippen molar-refractivity contribution in [3.05, 3.63) is 18.3 Å². The van der Waals surface area contributed by atoms with Gasteiger partial charge in [-0.05, 0) is 37.3 Å². The Morgan fingerprint density at radius 3 is 3.06 bits per heavy atom. The van der Waals surface area contributed by atoms with Crippen molar-refractivity contribution >= 4 is 17.1 Å². The van der Waals surface area contributed by atoms with Gasteiger partial charge in [0.15, 0.2) is 5.65 Å². The van der Waals surface area contributed by atoms with Gasteiger partial charge in [-0.2, -0.15) is 0 Å². The molecule has 2 N–H and O–H groups in total. The van der Waals surface area contributed by atoms with E-state index in [0.29, 0.717) is 12.0 Å². The lowest BCUT2D eigenvalue weighted by Gasteiger charge is -2.13. The van der Waals surface area contributed by atoms with Crippen LogP contribution < -0.4 is 5.73 Å². The van der Waals surface area contributed by atoms with E-state index in [2.05, 4.69) is 21.5 Å². The summed E-state index contributed by atoms with van der Waals surface area (Å²) in [6, 6.07) is 4.35. The van der Waals surface area contributed by atoms with Crippen LogP contribution in [0.2, 0.25) is 0 Å². The Balaban J connectivity index is 2.12. The van der Waals surface area contributed by atoms with Gasteiger partial charge in [-0.3, -0.25) is 4.57 Å². The van der Waals surface area contributed by atoms with E-state index in [0.717, 1.165) is 17.1 Å². The van der Waals surface area contributed by atoms with Crippen LogP contribution in [0.1, 0.15) is 32.2 Å². The summed E-state index contributed by atoms with van der Waals surface area (Å²) < 4.78 is 2.11. The molecule has 3 rings (SSSR count). The second-order valence-corrected chi connectivity index (χ2v) is 4.76. The van der Waals surface area contributed by atoms with Crippen molar-refractivity contribution < 1.29 is 0 Å². The zero-order valence-electron chi connectivity index (χ0n) is 9.43. The van der Waals surface area contributed by atoms with Crippen LogP contribution in [0, 0.1) is 5.92 Å². The van der Waals surface area contributed by atoms with Crippen molar-refractivity contribution in [1.29, 1.82) is 0 Å². The Labute approximate surface area is 94.5 Å². The van der Waals surface area contributed by atoms with Crippen LogP contribution in [-0.2, 0) is 0 Å². The van der Waals surface area contributed by atoms with E-state index in [1.54, 1.807) is 6.20 Å². The van der Waals surface area contributed by atoms with E-state index in [1.165, 1.54) is 19.3 Å². The van der Waals surface area contributed by atoms with Crippen LogP contribution in [0.25, 0.3) is 11.2 Å². The fraction of sp³-hybridized carbons (Fsp3) is 0.500. The van der Waals surface area contributed by atoms with Gasteiger partial charge in [0.05, 0.1) is 0 Å². The van der Waals surface area contributed by atoms with E-state index >= 15 is 0 Å². The van der Waals surface area contributed by atoms with Crippen molar-refractivity contribution in [2.75, 3.05) is 5.73 Å². The average Bonchev–Trinajstić information content (AvgIpc) is 2.80. The van der Waals surface area contributed by atoms with Crippen LogP contribution in [-0.4, -0.2) is 14.5 Å². The normalized spacial score (nSPS) is 25.3. The van der Waals surface area contributed by atoms with Crippen LogP contribution in [0.15, 0.2) is 18.3 Å². The molecule has 0 aromatic carbocycles. The zero-order chi connectivity index (χ0) is 11.1. The van der Waals surface area contributed by atoms with Crippen LogP contribution in [0.5, 0.6) is 0 Å². The summed E-state index contributed by atoms with van der Waals surface area (Å²) in [5.41, 5.74) is 7.82. The highest BCUT2D eigenvalue weighted by Crippen LogP contribution is 2.37. The van der Waals surface area contributed by atoms with Crippen molar-refractivity contribution in [1.82, 2.24) is 14.5 Å². The highest BCUT2D eigenvalue weighted by Gasteiger charge is 2.26. The maximum atomic E-state index is 5.99. The van der Waals surface area contributed by atoms with Gasteiger partial charge in [-0.1, -0.05) is 6.92 Å². The Morgan fingerprint density at radius 2 is 2.31 bits per heavy atom. The molecule has 2 aromatic heterocycles. The first-order valence-electron chi connectivity index (χ1n) is 5.84. The number of imidazole rings is 1. The molecule has 4 nitrogen and oxygen atoms in total. The van der Waals surface area contributed by atoms with Gasteiger partial charge in [-0.25, -0.2) is 9.97 Å². The van der Waals surface area contributed by atoms with E-state index in [-0.39, 0.29) is 0 Å². The van der Waals surface area contributed by atoms with Gasteiger partial charge in [0, 0.05) is 12.2 Å². The maximum absolute atomic E-state index is 5.99. The lowest BCUT2D eigenvalue weighted by molar-refractivity contribution is 0.508. The molecule has 16 heavy (non-hydrogen) atoms. The Bertz CT molecular complexity index is 517. The fourth-order valence-electron chi connectivity index (χ4n) is 2.72. The molecule has 0 spiro atoms. The molecule has 1 fully saturated rings. The molecule has 0 radical (unpaired) electrons. The van der Waals surface area contributed by atoms with Crippen LogP contribution in [0.3, 0.4) is 0 Å². The molecule has 1 aliphatic carbocycles. The second-order valence-electron chi connectivity index (χ2n) is 4.76. The third-order valence-corrected chi connectivity index (χ3v) is 3.51. The minimum atomic E-state index is 0.481. The molecule has 84 valence electrons. The minimum Gasteiger partial charge on any atom is -0.369 e. The molecule has 0 bridgehead atoms. The summed E-state index contributed by atoms with van der Waals surface area (Å²) >= 11 is 0. The zero-order valence-corrected chi connectivity index (χ0v) is 9.43. The number of nitrogens with two attached hydrogens (primary N) is 1. The van der Waals surface area contributed by atoms with E-state index in [9.17, 15) is 0 Å². The van der Waals surface area contributed by atoms with Gasteiger partial charge in [0.1, 0.15) is 5.52 Å². The molecule has 0 amide bonds. The van der Waals surface area contributed by atoms with Crippen LogP contribution >= 0.6 is 0 Å². The predicted octanol–water partition coefficient (Wildman–Crippen LogP) is 2.37. The molecule has 1 saturated carbocycles. The molecule has 2 unspecified atom stereocenters. The molecular formula is C12H16N4. The SMILES string of the molecule is CC1CCC(n2c(N)nc3cccnc32)C1. The number of pyridine rings is 1. The summed E-state index contributed by atoms with van der Waals surface area (Å²) in [6.07, 6.45) is 5.45. The van der Waals surface area contributed by atoms with Crippen molar-refractivity contribution in [2.45, 2.75) is 32.2 Å². The monoisotopic (exact) mass is 216 g/mol. The van der Waals surface area contributed by atoms with E-state index in [4.69, 9.17) is 5.73 Å². The molecule has 0 aliphatic heterocycles. The summed E-state index contributed by atoms with van der Waals surface area (Å²) in [5, 5.41) is 0. The molecular weight excluding hydrogens is 200 g/mol. The van der Waals surface area contributed by atoms with Crippen LogP contribution in [0.4, 0.5) is 5.95 Å². The third-order valence-electron chi connectivity index (χ3n) is 3.51. The first kappa shape index (κ1) is 9.63. The van der Waals surface area contributed by atoms with Gasteiger partial charge >= 0.3 is 0 Å². The molecule has 2 atom stereocenters. The average molecular weight is 216 g/mol. The number of aromatic nitrogens is 3. The smallest absolute Gasteiger partial charge is 0.202 e. The molecule has 2 aromatic rings. The highest BCUT2D eigenvalue weighted by atomic mass is 15.2. The first-order valence-corrected chi connectivity index (χ1v) is 5.84. The largest absolute Gasteiger partial charge is 0.369 e. The Morgan fingerprint density at radius 1 is 1.44 bits per heavy atom. The molecule has 4 heteroatoms. The first-order chi connectivity index (χ1) is 7.75. The maximum Gasteiger partial charge on any atom is 0.202 e. The molecule has 2 heterocycles. The number of fused-ring (bicyclic) bond motifs is 1. The Kier molecular flexibility index (Phi) is 2.09. The fourth-order valence-corrected chi connectivity index (χ4v) is 2.72. The van der Waals surface area contributed by atoms with E-state index in [1.807, 2.05) is 12.1 Å². The number of anilines is 1. The summed E-state index contributed by atoms with van der Waals surface area (Å²) in [5.74, 6) is 1.39. The lowest BCUT2D eigenvalue weighted by Crippen LogP contribution is -2.09. The van der Waals surface area contributed by atoms with E-state index < -0.39 is 0 Å². The van der Waals surface area contributed by atoms with Gasteiger partial charge in [0.25, 0.3) is 0 Å². The third kappa shape index (κ3) is 1.37. The van der Waals surface area contributed by atoms with Crippen molar-refractivity contribution in [2.24, 2.45) is 5.92 Å². The Hall–Kier alpha value is -1.58. The standard InChI is InChI=1S/C12H16N4/c1-8-4-5-9(7-8)16-11-10(15-12(16)13)3-2-6-14-11/h2-3,6,8-9H,4-5,7H2,1H3,(H2,13,15). The number of nitrogens with zero attached hydrogens (tertiary/aromatic N) is 3. The quantitative estimate of drug-likeness (QED) is 0.796. The summed E-state index contributed by atoms with van der Waals surface area (Å²) in [7, 11) is 0. The number of rotatable bonds is 1. The summed E-state index contributed by atoms with van der Waals surface area (Å²) in [6.45, 7) is 2.29. The van der Waals surface area contributed by atoms with Crippen molar-refractivity contribution in [3.8, 4) is 0 Å². The molecule has 0 saturated heterocycles. The predicted molar refractivity (Wildman–Crippen MR) is 64.0 cm³/mol. The topological polar surface area (TPSA) is 56.7 Å². The number of nitrogen functional groups attached to an aromatic ring is 1. The molecule has 1 aliphatic rings. The lowest BCUT2D eigenvalue weighted by atomic mass is 10.1. The minimum absolute atomic E-state index is 0.481. The number of hydrogen-bond donors (Lipinski definition) is 1.